The minimum atomic E-state index is 0.574. The Kier molecular flexibility index (Phi) is 5.44. The van der Waals surface area contributed by atoms with Gasteiger partial charge in [0.2, 0.25) is 0 Å². The molecule has 1 saturated carbocycles. The van der Waals surface area contributed by atoms with Gasteiger partial charge in [-0.2, -0.15) is 0 Å². The van der Waals surface area contributed by atoms with E-state index < -0.39 is 0 Å². The van der Waals surface area contributed by atoms with E-state index >= 15 is 0 Å². The first-order chi connectivity index (χ1) is 9.81. The van der Waals surface area contributed by atoms with Crippen molar-refractivity contribution in [2.75, 3.05) is 38.1 Å². The first-order valence-electron chi connectivity index (χ1n) is 8.84. The summed E-state index contributed by atoms with van der Waals surface area (Å²) in [5, 5.41) is 1.21. The van der Waals surface area contributed by atoms with Gasteiger partial charge in [0.25, 0.3) is 0 Å². The maximum atomic E-state index is 3.87. The van der Waals surface area contributed by atoms with Crippen LogP contribution in [0, 0.1) is 5.41 Å². The molecule has 1 aliphatic carbocycles. The third-order valence-electron chi connectivity index (χ3n) is 5.89. The first-order valence-corrected chi connectivity index (χ1v) is 9.96. The highest BCUT2D eigenvalue weighted by Gasteiger charge is 2.35. The number of alkyl halides is 1. The maximum absolute atomic E-state index is 3.87. The van der Waals surface area contributed by atoms with Crippen LogP contribution in [0.4, 0.5) is 0 Å². The molecule has 3 fully saturated rings. The largest absolute Gasteiger partial charge is 0.301 e. The summed E-state index contributed by atoms with van der Waals surface area (Å²) >= 11 is 3.87. The van der Waals surface area contributed by atoms with Crippen molar-refractivity contribution in [2.45, 2.75) is 63.8 Å². The molecule has 3 heteroatoms. The van der Waals surface area contributed by atoms with Gasteiger partial charge < -0.3 is 4.90 Å². The Morgan fingerprint density at radius 1 is 0.900 bits per heavy atom. The van der Waals surface area contributed by atoms with Crippen LogP contribution in [0.15, 0.2) is 0 Å². The lowest BCUT2D eigenvalue weighted by atomic mass is 9.82. The smallest absolute Gasteiger partial charge is 0.0223 e. The van der Waals surface area contributed by atoms with E-state index in [1.807, 2.05) is 0 Å². The second-order valence-electron chi connectivity index (χ2n) is 7.47. The number of rotatable bonds is 3. The van der Waals surface area contributed by atoms with Gasteiger partial charge in [-0.1, -0.05) is 41.6 Å². The number of fused-ring (bicyclic) bond motifs is 1. The molecule has 1 atom stereocenters. The van der Waals surface area contributed by atoms with Crippen LogP contribution in [0.1, 0.15) is 57.8 Å². The highest BCUT2D eigenvalue weighted by atomic mass is 79.9. The molecule has 0 N–H and O–H groups in total. The fraction of sp³-hybridized carbons (Fsp3) is 1.00. The zero-order valence-corrected chi connectivity index (χ0v) is 14.5. The predicted octanol–water partition coefficient (Wildman–Crippen LogP) is 3.89. The Morgan fingerprint density at radius 2 is 1.65 bits per heavy atom. The number of nitrogens with zero attached hydrogens (tertiary/aromatic N) is 2. The van der Waals surface area contributed by atoms with Crippen molar-refractivity contribution in [1.29, 1.82) is 0 Å². The van der Waals surface area contributed by atoms with Crippen molar-refractivity contribution in [3.05, 3.63) is 0 Å². The second-order valence-corrected chi connectivity index (χ2v) is 8.03. The summed E-state index contributed by atoms with van der Waals surface area (Å²) in [6.45, 7) is 6.74. The first kappa shape index (κ1) is 15.3. The minimum Gasteiger partial charge on any atom is -0.301 e. The molecule has 116 valence electrons. The van der Waals surface area contributed by atoms with Gasteiger partial charge in [-0.15, -0.1) is 0 Å². The van der Waals surface area contributed by atoms with Crippen molar-refractivity contribution in [1.82, 2.24) is 9.80 Å². The third kappa shape index (κ3) is 3.59. The normalized spacial score (nSPS) is 32.5. The van der Waals surface area contributed by atoms with Crippen LogP contribution in [0.5, 0.6) is 0 Å². The number of hydrogen-bond donors (Lipinski definition) is 0. The summed E-state index contributed by atoms with van der Waals surface area (Å²) in [5.41, 5.74) is 0.574. The van der Waals surface area contributed by atoms with Crippen LogP contribution >= 0.6 is 15.9 Å². The van der Waals surface area contributed by atoms with Gasteiger partial charge in [0.1, 0.15) is 0 Å². The third-order valence-corrected chi connectivity index (χ3v) is 7.08. The van der Waals surface area contributed by atoms with Gasteiger partial charge >= 0.3 is 0 Å². The Balaban J connectivity index is 1.62. The van der Waals surface area contributed by atoms with Crippen LogP contribution < -0.4 is 0 Å². The molecule has 2 aliphatic heterocycles. The Labute approximate surface area is 133 Å². The summed E-state index contributed by atoms with van der Waals surface area (Å²) in [6.07, 6.45) is 13.0. The SMILES string of the molecule is BrCC1(CN2CCCN3CCCC3C2)CCCCCC1. The van der Waals surface area contributed by atoms with Gasteiger partial charge in [-0.05, 0) is 57.2 Å². The molecule has 0 bridgehead atoms. The Hall–Kier alpha value is 0.400. The zero-order chi connectivity index (χ0) is 13.8. The molecule has 0 spiro atoms. The van der Waals surface area contributed by atoms with Crippen LogP contribution in [-0.2, 0) is 0 Å². The lowest BCUT2D eigenvalue weighted by Gasteiger charge is -2.37. The molecule has 0 amide bonds. The van der Waals surface area contributed by atoms with Crippen molar-refractivity contribution >= 4 is 15.9 Å². The van der Waals surface area contributed by atoms with E-state index in [1.165, 1.54) is 95.8 Å². The van der Waals surface area contributed by atoms with E-state index in [4.69, 9.17) is 0 Å². The summed E-state index contributed by atoms with van der Waals surface area (Å²) in [4.78, 5) is 5.58. The molecule has 0 aromatic heterocycles. The van der Waals surface area contributed by atoms with Crippen molar-refractivity contribution in [3.8, 4) is 0 Å². The van der Waals surface area contributed by atoms with Gasteiger partial charge in [0.05, 0.1) is 0 Å². The molecule has 3 rings (SSSR count). The fourth-order valence-electron chi connectivity index (χ4n) is 4.71. The van der Waals surface area contributed by atoms with Gasteiger partial charge in [0.15, 0.2) is 0 Å². The summed E-state index contributed by atoms with van der Waals surface area (Å²) in [6, 6.07) is 0.871. The Bertz CT molecular complexity index is 299. The van der Waals surface area contributed by atoms with Gasteiger partial charge in [0, 0.05) is 24.5 Å². The molecule has 1 unspecified atom stereocenters. The van der Waals surface area contributed by atoms with Crippen molar-refractivity contribution in [2.24, 2.45) is 5.41 Å². The molecule has 0 aromatic carbocycles. The lowest BCUT2D eigenvalue weighted by molar-refractivity contribution is 0.140. The average molecular weight is 343 g/mol. The van der Waals surface area contributed by atoms with E-state index in [1.54, 1.807) is 0 Å². The molecule has 2 nitrogen and oxygen atoms in total. The van der Waals surface area contributed by atoms with Crippen LogP contribution in [0.25, 0.3) is 0 Å². The number of hydrogen-bond acceptors (Lipinski definition) is 2. The zero-order valence-electron chi connectivity index (χ0n) is 13.0. The standard InChI is InChI=1S/C17H31BrN2/c18-14-17(8-3-1-2-4-9-17)15-19-10-6-12-20-11-5-7-16(20)13-19/h16H,1-15H2. The predicted molar refractivity (Wildman–Crippen MR) is 89.6 cm³/mol. The van der Waals surface area contributed by atoms with E-state index in [0.717, 1.165) is 6.04 Å². The summed E-state index contributed by atoms with van der Waals surface area (Å²) in [7, 11) is 0. The van der Waals surface area contributed by atoms with Gasteiger partial charge in [-0.25, -0.2) is 0 Å². The molecule has 2 saturated heterocycles. The lowest BCUT2D eigenvalue weighted by Crippen LogP contribution is -2.43. The van der Waals surface area contributed by atoms with Crippen LogP contribution in [0.2, 0.25) is 0 Å². The number of halogens is 1. The average Bonchev–Trinajstić information content (AvgIpc) is 2.67. The summed E-state index contributed by atoms with van der Waals surface area (Å²) < 4.78 is 0. The van der Waals surface area contributed by atoms with Gasteiger partial charge in [-0.3, -0.25) is 4.90 Å². The Morgan fingerprint density at radius 3 is 2.40 bits per heavy atom. The minimum absolute atomic E-state index is 0.574. The van der Waals surface area contributed by atoms with E-state index in [-0.39, 0.29) is 0 Å². The molecule has 0 radical (unpaired) electrons. The van der Waals surface area contributed by atoms with Crippen LogP contribution in [0.3, 0.4) is 0 Å². The highest BCUT2D eigenvalue weighted by molar-refractivity contribution is 9.09. The summed E-state index contributed by atoms with van der Waals surface area (Å²) in [5.74, 6) is 0. The van der Waals surface area contributed by atoms with Crippen molar-refractivity contribution in [3.63, 3.8) is 0 Å². The van der Waals surface area contributed by atoms with E-state index in [0.29, 0.717) is 5.41 Å². The molecular weight excluding hydrogens is 312 g/mol. The van der Waals surface area contributed by atoms with Crippen LogP contribution in [-0.4, -0.2) is 53.9 Å². The molecule has 3 aliphatic rings. The van der Waals surface area contributed by atoms with Crippen molar-refractivity contribution < 1.29 is 0 Å². The fourth-order valence-corrected chi connectivity index (χ4v) is 5.45. The molecular formula is C17H31BrN2. The molecule has 2 heterocycles. The van der Waals surface area contributed by atoms with E-state index in [9.17, 15) is 0 Å². The quantitative estimate of drug-likeness (QED) is 0.567. The molecule has 20 heavy (non-hydrogen) atoms. The maximum Gasteiger partial charge on any atom is 0.0223 e. The van der Waals surface area contributed by atoms with E-state index in [2.05, 4.69) is 25.7 Å². The topological polar surface area (TPSA) is 6.48 Å². The second kappa shape index (κ2) is 7.11. The monoisotopic (exact) mass is 342 g/mol. The molecule has 0 aromatic rings. The highest BCUT2D eigenvalue weighted by Crippen LogP contribution is 2.38.